The number of nitrogens with two attached hydrogens (primary N) is 1. The minimum absolute atomic E-state index is 0.164. The molecule has 1 unspecified atom stereocenters. The summed E-state index contributed by atoms with van der Waals surface area (Å²) in [6.07, 6.45) is 2.46. The van der Waals surface area contributed by atoms with Crippen LogP contribution in [0.1, 0.15) is 24.9 Å². The van der Waals surface area contributed by atoms with E-state index in [1.807, 2.05) is 24.3 Å². The van der Waals surface area contributed by atoms with Crippen molar-refractivity contribution >= 4 is 0 Å². The maximum atomic E-state index is 11.7. The number of ether oxygens (including phenoxy) is 1. The van der Waals surface area contributed by atoms with E-state index in [9.17, 15) is 4.79 Å². The third-order valence-electron chi connectivity index (χ3n) is 3.04. The van der Waals surface area contributed by atoms with E-state index in [1.165, 1.54) is 15.6 Å². The molecule has 1 atom stereocenters. The van der Waals surface area contributed by atoms with Crippen LogP contribution in [-0.2, 0) is 13.6 Å². The quantitative estimate of drug-likeness (QED) is 0.856. The van der Waals surface area contributed by atoms with Gasteiger partial charge in [0.2, 0.25) is 0 Å². The lowest BCUT2D eigenvalue weighted by molar-refractivity contribution is 0.317. The highest BCUT2D eigenvalue weighted by atomic mass is 16.5. The summed E-state index contributed by atoms with van der Waals surface area (Å²) in [5.74, 6) is 0.831. The summed E-state index contributed by atoms with van der Waals surface area (Å²) < 4.78 is 8.31. The third kappa shape index (κ3) is 3.27. The van der Waals surface area contributed by atoms with Gasteiger partial charge in [0.25, 0.3) is 0 Å². The van der Waals surface area contributed by atoms with Crippen molar-refractivity contribution in [2.24, 2.45) is 12.8 Å². The average Bonchev–Trinajstić information content (AvgIpc) is 2.77. The predicted molar refractivity (Wildman–Crippen MR) is 76.6 cm³/mol. The van der Waals surface area contributed by atoms with Crippen molar-refractivity contribution in [1.82, 2.24) is 14.3 Å². The molecule has 0 aliphatic heterocycles. The van der Waals surface area contributed by atoms with Crippen LogP contribution in [0.15, 0.2) is 35.4 Å². The van der Waals surface area contributed by atoms with Crippen LogP contribution >= 0.6 is 0 Å². The molecule has 0 saturated heterocycles. The van der Waals surface area contributed by atoms with E-state index >= 15 is 0 Å². The van der Waals surface area contributed by atoms with Gasteiger partial charge in [0.05, 0.1) is 13.2 Å². The fourth-order valence-corrected chi connectivity index (χ4v) is 1.87. The largest absolute Gasteiger partial charge is 0.494 e. The van der Waals surface area contributed by atoms with Gasteiger partial charge in [-0.05, 0) is 24.1 Å². The summed E-state index contributed by atoms with van der Waals surface area (Å²) in [4.78, 5) is 11.7. The molecule has 0 amide bonds. The highest BCUT2D eigenvalue weighted by Gasteiger charge is 2.10. The van der Waals surface area contributed by atoms with Crippen molar-refractivity contribution in [2.45, 2.75) is 25.9 Å². The maximum absolute atomic E-state index is 11.7. The minimum atomic E-state index is -0.275. The third-order valence-corrected chi connectivity index (χ3v) is 3.04. The van der Waals surface area contributed by atoms with E-state index in [1.54, 1.807) is 7.05 Å². The average molecular weight is 276 g/mol. The van der Waals surface area contributed by atoms with Crippen LogP contribution in [0.4, 0.5) is 0 Å². The number of aryl methyl sites for hydroxylation is 1. The van der Waals surface area contributed by atoms with E-state index < -0.39 is 0 Å². The summed E-state index contributed by atoms with van der Waals surface area (Å²) in [6, 6.07) is 7.36. The zero-order valence-electron chi connectivity index (χ0n) is 11.8. The minimum Gasteiger partial charge on any atom is -0.494 e. The molecule has 0 fully saturated rings. The smallest absolute Gasteiger partial charge is 0.345 e. The van der Waals surface area contributed by atoms with Crippen LogP contribution < -0.4 is 16.2 Å². The number of hydrogen-bond donors (Lipinski definition) is 1. The molecule has 0 bridgehead atoms. The molecule has 0 spiro atoms. The van der Waals surface area contributed by atoms with Gasteiger partial charge in [0.1, 0.15) is 12.1 Å². The van der Waals surface area contributed by atoms with E-state index in [0.717, 1.165) is 17.7 Å². The summed E-state index contributed by atoms with van der Waals surface area (Å²) >= 11 is 0. The second-order valence-electron chi connectivity index (χ2n) is 4.73. The Labute approximate surface area is 117 Å². The summed E-state index contributed by atoms with van der Waals surface area (Å²) in [5, 5.41) is 4.00. The van der Waals surface area contributed by atoms with Crippen molar-refractivity contribution < 1.29 is 4.74 Å². The first-order chi connectivity index (χ1) is 9.61. The zero-order chi connectivity index (χ0) is 14.5. The van der Waals surface area contributed by atoms with Crippen molar-refractivity contribution in [3.05, 3.63) is 46.6 Å². The van der Waals surface area contributed by atoms with Crippen molar-refractivity contribution in [3.8, 4) is 5.75 Å². The summed E-state index contributed by atoms with van der Waals surface area (Å²) in [7, 11) is 1.66. The van der Waals surface area contributed by atoms with E-state index in [0.29, 0.717) is 13.2 Å². The van der Waals surface area contributed by atoms with Crippen LogP contribution in [0.3, 0.4) is 0 Å². The number of rotatable bonds is 6. The molecule has 2 aromatic rings. The molecule has 1 heterocycles. The fraction of sp³-hybridized carbons (Fsp3) is 0.429. The van der Waals surface area contributed by atoms with Gasteiger partial charge in [-0.3, -0.25) is 4.57 Å². The molecule has 20 heavy (non-hydrogen) atoms. The number of benzene rings is 1. The first-order valence-electron chi connectivity index (χ1n) is 6.68. The second kappa shape index (κ2) is 6.38. The van der Waals surface area contributed by atoms with Gasteiger partial charge < -0.3 is 10.5 Å². The number of nitrogens with zero attached hydrogens (tertiary/aromatic N) is 3. The van der Waals surface area contributed by atoms with Gasteiger partial charge in [0, 0.05) is 13.1 Å². The van der Waals surface area contributed by atoms with Gasteiger partial charge >= 0.3 is 5.69 Å². The number of aromatic nitrogens is 3. The predicted octanol–water partition coefficient (Wildman–Crippen LogP) is 1.07. The summed E-state index contributed by atoms with van der Waals surface area (Å²) in [6.45, 7) is 3.12. The first-order valence-corrected chi connectivity index (χ1v) is 6.68. The van der Waals surface area contributed by atoms with Crippen LogP contribution in [0, 0.1) is 0 Å². The number of hydrogen-bond acceptors (Lipinski definition) is 4. The fourth-order valence-electron chi connectivity index (χ4n) is 1.87. The van der Waals surface area contributed by atoms with Crippen LogP contribution in [0.25, 0.3) is 0 Å². The Balaban J connectivity index is 2.03. The highest BCUT2D eigenvalue weighted by molar-refractivity contribution is 5.28. The Kier molecular flexibility index (Phi) is 4.57. The molecule has 108 valence electrons. The van der Waals surface area contributed by atoms with E-state index in [2.05, 4.69) is 12.0 Å². The standard InChI is InChI=1S/C14H20N4O2/c1-3-8-20-12-6-4-11(5-7-12)13(15)9-18-14(19)17(2)10-16-18/h4-7,10,13H,3,8-9,15H2,1-2H3. The van der Waals surface area contributed by atoms with E-state index in [-0.39, 0.29) is 11.7 Å². The van der Waals surface area contributed by atoms with Crippen LogP contribution in [-0.4, -0.2) is 21.0 Å². The van der Waals surface area contributed by atoms with Gasteiger partial charge in [-0.1, -0.05) is 19.1 Å². The van der Waals surface area contributed by atoms with Gasteiger partial charge in [-0.25, -0.2) is 9.48 Å². The normalized spacial score (nSPS) is 12.3. The van der Waals surface area contributed by atoms with Crippen LogP contribution in [0.2, 0.25) is 0 Å². The SMILES string of the molecule is CCCOc1ccc(C(N)Cn2ncn(C)c2=O)cc1. The second-order valence-corrected chi connectivity index (χ2v) is 4.73. The molecule has 0 aliphatic rings. The molecular formula is C14H20N4O2. The molecule has 6 nitrogen and oxygen atoms in total. The summed E-state index contributed by atoms with van der Waals surface area (Å²) in [5.41, 5.74) is 6.89. The monoisotopic (exact) mass is 276 g/mol. The van der Waals surface area contributed by atoms with Gasteiger partial charge in [0.15, 0.2) is 0 Å². The zero-order valence-corrected chi connectivity index (χ0v) is 11.8. The Morgan fingerprint density at radius 3 is 2.60 bits per heavy atom. The molecule has 6 heteroatoms. The molecule has 2 rings (SSSR count). The topological polar surface area (TPSA) is 75.1 Å². The maximum Gasteiger partial charge on any atom is 0.345 e. The van der Waals surface area contributed by atoms with Gasteiger partial charge in [-0.2, -0.15) is 5.10 Å². The van der Waals surface area contributed by atoms with Gasteiger partial charge in [-0.15, -0.1) is 0 Å². The lowest BCUT2D eigenvalue weighted by atomic mass is 10.1. The molecule has 0 saturated carbocycles. The molecule has 1 aromatic carbocycles. The molecule has 0 aliphatic carbocycles. The molecular weight excluding hydrogens is 256 g/mol. The molecule has 1 aromatic heterocycles. The highest BCUT2D eigenvalue weighted by Crippen LogP contribution is 2.17. The lowest BCUT2D eigenvalue weighted by Crippen LogP contribution is -2.28. The Bertz CT molecular complexity index is 600. The Morgan fingerprint density at radius 2 is 2.05 bits per heavy atom. The van der Waals surface area contributed by atoms with Crippen molar-refractivity contribution in [2.75, 3.05) is 6.61 Å². The van der Waals surface area contributed by atoms with Crippen molar-refractivity contribution in [3.63, 3.8) is 0 Å². The first kappa shape index (κ1) is 14.3. The lowest BCUT2D eigenvalue weighted by Gasteiger charge is -2.12. The Morgan fingerprint density at radius 1 is 1.35 bits per heavy atom. The molecule has 2 N–H and O–H groups in total. The van der Waals surface area contributed by atoms with E-state index in [4.69, 9.17) is 10.5 Å². The van der Waals surface area contributed by atoms with Crippen molar-refractivity contribution in [1.29, 1.82) is 0 Å². The molecule has 0 radical (unpaired) electrons. The Hall–Kier alpha value is -2.08. The van der Waals surface area contributed by atoms with Crippen LogP contribution in [0.5, 0.6) is 5.75 Å².